The number of benzene rings is 1. The predicted molar refractivity (Wildman–Crippen MR) is 124 cm³/mol. The van der Waals surface area contributed by atoms with E-state index in [0.717, 1.165) is 40.4 Å². The second-order valence-electron chi connectivity index (χ2n) is 8.03. The lowest BCUT2D eigenvalue weighted by Crippen LogP contribution is -2.42. The topological polar surface area (TPSA) is 94.8 Å². The third-order valence-electron chi connectivity index (χ3n) is 5.90. The van der Waals surface area contributed by atoms with Crippen LogP contribution < -0.4 is 10.5 Å². The molecule has 0 unspecified atom stereocenters. The number of likely N-dealkylation sites (tertiary alicyclic amines) is 1. The van der Waals surface area contributed by atoms with E-state index in [4.69, 9.17) is 15.2 Å². The van der Waals surface area contributed by atoms with E-state index in [9.17, 15) is 9.59 Å². The number of nitrogens with zero attached hydrogens (tertiary/aromatic N) is 2. The Balaban J connectivity index is 1.84. The van der Waals surface area contributed by atoms with Crippen LogP contribution in [0.25, 0.3) is 11.1 Å². The second kappa shape index (κ2) is 9.83. The Labute approximate surface area is 195 Å². The van der Waals surface area contributed by atoms with Crippen molar-refractivity contribution in [2.45, 2.75) is 37.8 Å². The molecule has 1 aromatic carbocycles. The molecule has 2 N–H and O–H groups in total. The van der Waals surface area contributed by atoms with Crippen molar-refractivity contribution in [2.24, 2.45) is 5.73 Å². The molecule has 8 heteroatoms. The standard InChI is InChI=1S/C24H26BrN3O4/c1-2-23(29)28-6-5-18-12-21(28)16-9-15(10-17(25)11-16)19-13-20(24(26)30)27-14-22(19)32-8-4-3-7-31-18/h2,9-11,13-14,18,21H,1,3-8,12H2,(H2,26,30)/t18-,21-/m1/s1. The Bertz CT molecular complexity index is 1040. The zero-order chi connectivity index (χ0) is 22.7. The molecule has 1 aromatic heterocycles. The van der Waals surface area contributed by atoms with Crippen molar-refractivity contribution in [1.82, 2.24) is 9.88 Å². The summed E-state index contributed by atoms with van der Waals surface area (Å²) in [4.78, 5) is 30.4. The van der Waals surface area contributed by atoms with Gasteiger partial charge in [-0.2, -0.15) is 0 Å². The van der Waals surface area contributed by atoms with Crippen LogP contribution in [0.2, 0.25) is 0 Å². The van der Waals surface area contributed by atoms with E-state index >= 15 is 0 Å². The summed E-state index contributed by atoms with van der Waals surface area (Å²) >= 11 is 3.62. The van der Waals surface area contributed by atoms with Gasteiger partial charge in [0.2, 0.25) is 5.91 Å². The van der Waals surface area contributed by atoms with Gasteiger partial charge in [0, 0.05) is 23.2 Å². The molecular weight excluding hydrogens is 474 g/mol. The van der Waals surface area contributed by atoms with E-state index in [2.05, 4.69) is 27.5 Å². The number of ether oxygens (including phenoxy) is 2. The van der Waals surface area contributed by atoms with Gasteiger partial charge in [0.1, 0.15) is 11.4 Å². The average Bonchev–Trinajstić information content (AvgIpc) is 2.79. The first-order valence-electron chi connectivity index (χ1n) is 10.7. The van der Waals surface area contributed by atoms with Gasteiger partial charge in [0.05, 0.1) is 24.9 Å². The van der Waals surface area contributed by atoms with Crippen LogP contribution in [0.3, 0.4) is 0 Å². The van der Waals surface area contributed by atoms with E-state index in [1.807, 2.05) is 23.1 Å². The van der Waals surface area contributed by atoms with Gasteiger partial charge in [-0.15, -0.1) is 0 Å². The number of hydrogen-bond donors (Lipinski definition) is 1. The van der Waals surface area contributed by atoms with Crippen LogP contribution in [0.4, 0.5) is 0 Å². The number of rotatable bonds is 2. The lowest BCUT2D eigenvalue weighted by Gasteiger charge is -2.39. The summed E-state index contributed by atoms with van der Waals surface area (Å²) in [6.07, 6.45) is 6.19. The molecule has 0 saturated carbocycles. The lowest BCUT2D eigenvalue weighted by molar-refractivity contribution is -0.132. The minimum Gasteiger partial charge on any atom is -0.491 e. The maximum Gasteiger partial charge on any atom is 0.267 e. The first-order valence-corrected chi connectivity index (χ1v) is 11.5. The number of pyridine rings is 1. The lowest BCUT2D eigenvalue weighted by atomic mass is 9.91. The van der Waals surface area contributed by atoms with Crippen LogP contribution in [0, 0.1) is 0 Å². The normalized spacial score (nSPS) is 21.0. The van der Waals surface area contributed by atoms with Crippen molar-refractivity contribution in [3.63, 3.8) is 0 Å². The second-order valence-corrected chi connectivity index (χ2v) is 8.94. The largest absolute Gasteiger partial charge is 0.491 e. The van der Waals surface area contributed by atoms with E-state index in [1.54, 1.807) is 12.3 Å². The number of aromatic nitrogens is 1. The fraction of sp³-hybridized carbons (Fsp3) is 0.375. The smallest absolute Gasteiger partial charge is 0.267 e. The van der Waals surface area contributed by atoms with E-state index in [-0.39, 0.29) is 23.7 Å². The fourth-order valence-electron chi connectivity index (χ4n) is 4.30. The van der Waals surface area contributed by atoms with Crippen LogP contribution in [0.15, 0.2) is 47.6 Å². The fourth-order valence-corrected chi connectivity index (χ4v) is 4.81. The number of hydrogen-bond acceptors (Lipinski definition) is 5. The molecule has 2 aliphatic rings. The highest BCUT2D eigenvalue weighted by Gasteiger charge is 2.33. The summed E-state index contributed by atoms with van der Waals surface area (Å²) in [5.74, 6) is -0.116. The van der Waals surface area contributed by atoms with E-state index in [1.165, 1.54) is 6.08 Å². The zero-order valence-corrected chi connectivity index (χ0v) is 19.3. The van der Waals surface area contributed by atoms with Gasteiger partial charge in [-0.1, -0.05) is 22.5 Å². The summed E-state index contributed by atoms with van der Waals surface area (Å²) in [6.45, 7) is 5.44. The number of halogens is 1. The molecule has 2 atom stereocenters. The Kier molecular flexibility index (Phi) is 6.91. The number of primary amides is 1. The quantitative estimate of drug-likeness (QED) is 0.629. The predicted octanol–water partition coefficient (Wildman–Crippen LogP) is 4.02. The summed E-state index contributed by atoms with van der Waals surface area (Å²) < 4.78 is 13.0. The molecule has 0 radical (unpaired) electrons. The maximum atomic E-state index is 12.6. The van der Waals surface area contributed by atoms with Crippen molar-refractivity contribution in [3.8, 4) is 16.9 Å². The maximum absolute atomic E-state index is 12.6. The number of carbonyl (C=O) groups is 2. The van der Waals surface area contributed by atoms with Crippen LogP contribution in [-0.4, -0.2) is 47.6 Å². The molecule has 4 rings (SSSR count). The molecule has 0 spiro atoms. The summed E-state index contributed by atoms with van der Waals surface area (Å²) in [5.41, 5.74) is 8.20. The van der Waals surface area contributed by atoms with Gasteiger partial charge in [-0.3, -0.25) is 9.59 Å². The van der Waals surface area contributed by atoms with E-state index in [0.29, 0.717) is 31.9 Å². The minimum absolute atomic E-state index is 0.0816. The van der Waals surface area contributed by atoms with Crippen molar-refractivity contribution >= 4 is 27.7 Å². The van der Waals surface area contributed by atoms with Crippen LogP contribution in [0.1, 0.15) is 47.8 Å². The van der Waals surface area contributed by atoms with Crippen LogP contribution in [0.5, 0.6) is 5.75 Å². The molecule has 2 aromatic rings. The summed E-state index contributed by atoms with van der Waals surface area (Å²) in [5, 5.41) is 0. The molecule has 2 aliphatic heterocycles. The number of amides is 2. The zero-order valence-electron chi connectivity index (χ0n) is 17.8. The Morgan fingerprint density at radius 3 is 2.81 bits per heavy atom. The molecule has 1 fully saturated rings. The van der Waals surface area contributed by atoms with Gasteiger partial charge in [0.25, 0.3) is 5.91 Å². The molecule has 168 valence electrons. The highest BCUT2D eigenvalue weighted by molar-refractivity contribution is 9.10. The molecule has 1 saturated heterocycles. The number of nitrogens with two attached hydrogens (primary N) is 1. The molecule has 4 bridgehead atoms. The summed E-state index contributed by atoms with van der Waals surface area (Å²) in [7, 11) is 0. The van der Waals surface area contributed by atoms with Gasteiger partial charge >= 0.3 is 0 Å². The van der Waals surface area contributed by atoms with Crippen LogP contribution in [-0.2, 0) is 9.53 Å². The third kappa shape index (κ3) is 4.86. The SMILES string of the molecule is C=CC(=O)N1CC[C@@H]2C[C@@H]1c1cc(Br)cc(c1)-c1cc(C(N)=O)ncc1OCCCCO2. The Hall–Kier alpha value is -2.71. The number of piperidine rings is 1. The van der Waals surface area contributed by atoms with Crippen molar-refractivity contribution in [1.29, 1.82) is 0 Å². The van der Waals surface area contributed by atoms with Crippen LogP contribution >= 0.6 is 15.9 Å². The molecule has 3 heterocycles. The third-order valence-corrected chi connectivity index (χ3v) is 6.36. The van der Waals surface area contributed by atoms with Gasteiger partial charge in [-0.05, 0) is 67.2 Å². The molecule has 32 heavy (non-hydrogen) atoms. The van der Waals surface area contributed by atoms with Gasteiger partial charge in [-0.25, -0.2) is 4.98 Å². The van der Waals surface area contributed by atoms with Crippen molar-refractivity contribution in [3.05, 3.63) is 58.8 Å². The number of carbonyl (C=O) groups excluding carboxylic acids is 2. The highest BCUT2D eigenvalue weighted by Crippen LogP contribution is 2.39. The Morgan fingerprint density at radius 2 is 2.03 bits per heavy atom. The first kappa shape index (κ1) is 22.5. The molecule has 2 amide bonds. The molecule has 7 nitrogen and oxygen atoms in total. The molecular formula is C24H26BrN3O4. The monoisotopic (exact) mass is 499 g/mol. The average molecular weight is 500 g/mol. The van der Waals surface area contributed by atoms with Gasteiger partial charge in [0.15, 0.2) is 0 Å². The minimum atomic E-state index is -0.600. The van der Waals surface area contributed by atoms with Crippen molar-refractivity contribution < 1.29 is 19.1 Å². The summed E-state index contributed by atoms with van der Waals surface area (Å²) in [6, 6.07) is 7.51. The molecule has 0 aliphatic carbocycles. The highest BCUT2D eigenvalue weighted by atomic mass is 79.9. The first-order chi connectivity index (χ1) is 15.5. The van der Waals surface area contributed by atoms with Gasteiger partial charge < -0.3 is 20.1 Å². The number of fused-ring (bicyclic) bond motifs is 7. The van der Waals surface area contributed by atoms with E-state index < -0.39 is 5.91 Å². The van der Waals surface area contributed by atoms with Crippen molar-refractivity contribution in [2.75, 3.05) is 19.8 Å². The Morgan fingerprint density at radius 1 is 1.22 bits per heavy atom.